The van der Waals surface area contributed by atoms with Crippen LogP contribution in [-0.4, -0.2) is 62.9 Å². The van der Waals surface area contributed by atoms with Crippen LogP contribution in [0, 0.1) is 0 Å². The van der Waals surface area contributed by atoms with E-state index in [2.05, 4.69) is 22.9 Å². The standard InChI is InChI=1S/C23H16O7S.C22H19BrO3S.C21H15Cl2FO3S/c24-19(28-12-14-6-2-1-3-7-14)11-16-13-31-23(20(16)21(25)26)30-22(27)18-10-15-8-4-5-9-17(15)29-18;1-2-14-4-3-5-15(10-14)11-19(24)12-17-13-27-21(20(17)22(25)26)16-6-8-18(23)9-7-16;22-15-7-5-12(6-8-15)20-19(21(26)27)14(11-28-20)10-18(25)17(24)9-13-3-1-2-4-16(13)23/h1-10,13H,11-12H2,(H,25,26);3-10,13H,2,11-12H2,1H3,(H,25,26);1-8,11,17H,9-10H2,(H,26,27)/t;;17-/m..1/s1. The van der Waals surface area contributed by atoms with Crippen LogP contribution in [0.25, 0.3) is 31.9 Å². The van der Waals surface area contributed by atoms with Crippen molar-refractivity contribution in [2.24, 2.45) is 0 Å². The van der Waals surface area contributed by atoms with Crippen molar-refractivity contribution in [3.63, 3.8) is 0 Å². The number of thiophene rings is 3. The highest BCUT2D eigenvalue weighted by atomic mass is 79.9. The van der Waals surface area contributed by atoms with Crippen LogP contribution in [0.4, 0.5) is 4.39 Å². The molecule has 438 valence electrons. The number of furan rings is 1. The first kappa shape index (κ1) is 63.7. The molecule has 0 aliphatic heterocycles. The number of carbonyl (C=O) groups excluding carboxylic acids is 4. The molecule has 86 heavy (non-hydrogen) atoms. The number of alkyl halides is 1. The number of hydrogen-bond acceptors (Lipinski definition) is 13. The van der Waals surface area contributed by atoms with E-state index >= 15 is 0 Å². The second kappa shape index (κ2) is 30.1. The highest BCUT2D eigenvalue weighted by Gasteiger charge is 2.28. The molecule has 4 heterocycles. The van der Waals surface area contributed by atoms with E-state index in [4.69, 9.17) is 37.1 Å². The van der Waals surface area contributed by atoms with Gasteiger partial charge < -0.3 is 29.2 Å². The number of ether oxygens (including phenoxy) is 2. The average Bonchev–Trinajstić information content (AvgIpc) is 3.39. The third-order valence-corrected chi connectivity index (χ3v) is 17.3. The molecular formula is C66H50BrCl2FO13S3. The van der Waals surface area contributed by atoms with Crippen LogP contribution < -0.4 is 4.74 Å². The molecule has 20 heteroatoms. The minimum absolute atomic E-state index is 0.0191. The van der Waals surface area contributed by atoms with Crippen LogP contribution in [0.3, 0.4) is 0 Å². The van der Waals surface area contributed by atoms with Crippen molar-refractivity contribution in [1.29, 1.82) is 0 Å². The number of hydrogen-bond donors (Lipinski definition) is 3. The van der Waals surface area contributed by atoms with Gasteiger partial charge >= 0.3 is 29.8 Å². The monoisotopic (exact) mass is 1310 g/mol. The number of carboxylic acids is 3. The third kappa shape index (κ3) is 17.0. The minimum atomic E-state index is -1.76. The summed E-state index contributed by atoms with van der Waals surface area (Å²) in [6.45, 7) is 2.16. The second-order valence-electron chi connectivity index (χ2n) is 19.1. The molecule has 1 atom stereocenters. The normalized spacial score (nSPS) is 11.1. The molecule has 0 unspecified atom stereocenters. The zero-order chi connectivity index (χ0) is 61.4. The number of esters is 2. The van der Waals surface area contributed by atoms with Crippen molar-refractivity contribution in [2.75, 3.05) is 0 Å². The first-order valence-corrected chi connectivity index (χ1v) is 30.5. The van der Waals surface area contributed by atoms with Gasteiger partial charge in [0.2, 0.25) is 5.76 Å². The minimum Gasteiger partial charge on any atom is -0.478 e. The number of para-hydroxylation sites is 1. The lowest BCUT2D eigenvalue weighted by Gasteiger charge is -2.09. The van der Waals surface area contributed by atoms with E-state index in [0.29, 0.717) is 54.1 Å². The Kier molecular flexibility index (Phi) is 22.3. The molecular weight excluding hydrogens is 1270 g/mol. The van der Waals surface area contributed by atoms with Gasteiger partial charge in [-0.1, -0.05) is 161 Å². The molecule has 3 N–H and O–H groups in total. The summed E-state index contributed by atoms with van der Waals surface area (Å²) in [6.07, 6.45) is -1.09. The van der Waals surface area contributed by atoms with Crippen LogP contribution >= 0.6 is 73.1 Å². The summed E-state index contributed by atoms with van der Waals surface area (Å²) in [4.78, 5) is 86.2. The van der Waals surface area contributed by atoms with E-state index in [-0.39, 0.29) is 71.2 Å². The Hall–Kier alpha value is -8.36. The predicted octanol–water partition coefficient (Wildman–Crippen LogP) is 16.6. The van der Waals surface area contributed by atoms with E-state index in [1.807, 2.05) is 78.9 Å². The Morgan fingerprint density at radius 3 is 1.77 bits per heavy atom. The van der Waals surface area contributed by atoms with Crippen LogP contribution in [0.15, 0.2) is 183 Å². The van der Waals surface area contributed by atoms with E-state index in [9.17, 15) is 53.3 Å². The fraction of sp³-hybridized carbons (Fsp3) is 0.136. The summed E-state index contributed by atoms with van der Waals surface area (Å²) < 4.78 is 31.4. The van der Waals surface area contributed by atoms with Gasteiger partial charge in [-0.25, -0.2) is 23.6 Å². The summed E-state index contributed by atoms with van der Waals surface area (Å²) in [7, 11) is 0. The quantitative estimate of drug-likeness (QED) is 0.0572. The van der Waals surface area contributed by atoms with Crippen molar-refractivity contribution in [3.05, 3.63) is 250 Å². The van der Waals surface area contributed by atoms with Crippen molar-refractivity contribution in [1.82, 2.24) is 0 Å². The maximum Gasteiger partial charge on any atom is 0.380 e. The molecule has 0 aliphatic carbocycles. The van der Waals surface area contributed by atoms with Gasteiger partial charge in [-0.05, 0) is 115 Å². The summed E-state index contributed by atoms with van der Waals surface area (Å²) in [5.74, 6) is -5.57. The van der Waals surface area contributed by atoms with Gasteiger partial charge in [0.05, 0.1) is 17.5 Å². The van der Waals surface area contributed by atoms with Crippen LogP contribution in [0.1, 0.15) is 87.5 Å². The molecule has 10 aromatic rings. The maximum absolute atomic E-state index is 14.5. The smallest absolute Gasteiger partial charge is 0.380 e. The first-order valence-electron chi connectivity index (χ1n) is 26.3. The van der Waals surface area contributed by atoms with Gasteiger partial charge in [-0.15, -0.1) is 34.0 Å². The maximum atomic E-state index is 14.5. The number of benzene rings is 6. The molecule has 10 rings (SSSR count). The van der Waals surface area contributed by atoms with Crippen LogP contribution in [0.2, 0.25) is 10.0 Å². The number of rotatable bonds is 21. The fourth-order valence-corrected chi connectivity index (χ4v) is 12.5. The second-order valence-corrected chi connectivity index (χ2v) is 23.5. The van der Waals surface area contributed by atoms with Crippen LogP contribution in [0.5, 0.6) is 5.06 Å². The Balaban J connectivity index is 0.000000168. The number of carboxylic acid groups (broad SMARTS) is 3. The largest absolute Gasteiger partial charge is 0.478 e. The van der Waals surface area contributed by atoms with E-state index in [1.54, 1.807) is 83.6 Å². The topological polar surface area (TPSA) is 212 Å². The Morgan fingerprint density at radius 1 is 0.581 bits per heavy atom. The molecule has 0 spiro atoms. The number of carbonyl (C=O) groups is 7. The van der Waals surface area contributed by atoms with E-state index in [0.717, 1.165) is 44.3 Å². The van der Waals surface area contributed by atoms with E-state index < -0.39 is 41.8 Å². The molecule has 0 aliphatic rings. The van der Waals surface area contributed by atoms with Gasteiger partial charge in [0.1, 0.15) is 23.5 Å². The highest BCUT2D eigenvalue weighted by Crippen LogP contribution is 2.37. The molecule has 0 radical (unpaired) electrons. The average molecular weight is 1320 g/mol. The van der Waals surface area contributed by atoms with Crippen molar-refractivity contribution >= 4 is 126 Å². The molecule has 0 bridgehead atoms. The van der Waals surface area contributed by atoms with Crippen LogP contribution in [-0.2, 0) is 64.3 Å². The summed E-state index contributed by atoms with van der Waals surface area (Å²) >= 11 is 18.8. The number of halogens is 4. The molecule has 0 amide bonds. The van der Waals surface area contributed by atoms with Crippen molar-refractivity contribution in [3.8, 4) is 25.9 Å². The number of ketones is 2. The molecule has 4 aromatic heterocycles. The number of aryl methyl sites for hydroxylation is 1. The molecule has 0 saturated carbocycles. The first-order chi connectivity index (χ1) is 41.3. The SMILES string of the molecule is CCc1cccc(CC(=O)Cc2csc(-c3ccc(Br)cc3)c2C(=O)O)c1.O=C(Cc1csc(OC(=O)c2cc3ccccc3o2)c1C(=O)O)OCc1ccccc1.O=C(O)c1c(CC(=O)[C@H](F)Cc2ccccc2Cl)csc1-c1ccc(Cl)cc1. The lowest BCUT2D eigenvalue weighted by atomic mass is 9.98. The third-order valence-electron chi connectivity index (χ3n) is 13.1. The van der Waals surface area contributed by atoms with Gasteiger partial charge in [-0.3, -0.25) is 14.4 Å². The lowest BCUT2D eigenvalue weighted by Crippen LogP contribution is -2.21. The molecule has 0 fully saturated rings. The zero-order valence-electron chi connectivity index (χ0n) is 45.4. The zero-order valence-corrected chi connectivity index (χ0v) is 51.0. The number of aromatic carboxylic acids is 3. The lowest BCUT2D eigenvalue weighted by molar-refractivity contribution is -0.144. The summed E-state index contributed by atoms with van der Waals surface area (Å²) in [5.41, 5.74) is 6.66. The van der Waals surface area contributed by atoms with Crippen molar-refractivity contribution < 1.29 is 67.2 Å². The molecule has 0 saturated heterocycles. The predicted molar refractivity (Wildman–Crippen MR) is 336 cm³/mol. The number of fused-ring (bicyclic) bond motifs is 1. The Labute approximate surface area is 523 Å². The Bertz CT molecular complexity index is 4040. The Morgan fingerprint density at radius 2 is 1.14 bits per heavy atom. The van der Waals surface area contributed by atoms with Gasteiger partial charge in [-0.2, -0.15) is 0 Å². The summed E-state index contributed by atoms with van der Waals surface area (Å²) in [6, 6.07) is 46.7. The number of Topliss-reactive ketones (excluding diaryl/α,β-unsaturated/α-hetero) is 2. The summed E-state index contributed by atoms with van der Waals surface area (Å²) in [5, 5.41) is 35.3. The van der Waals surface area contributed by atoms with E-state index in [1.165, 1.54) is 39.7 Å². The fourth-order valence-electron chi connectivity index (χ4n) is 8.84. The highest BCUT2D eigenvalue weighted by molar-refractivity contribution is 9.10. The van der Waals surface area contributed by atoms with Gasteiger partial charge in [0.25, 0.3) is 0 Å². The van der Waals surface area contributed by atoms with Gasteiger partial charge in [0.15, 0.2) is 17.0 Å². The van der Waals surface area contributed by atoms with Gasteiger partial charge in [0, 0.05) is 55.3 Å². The molecule has 13 nitrogen and oxygen atoms in total. The molecule has 6 aromatic carbocycles. The van der Waals surface area contributed by atoms with Crippen molar-refractivity contribution in [2.45, 2.75) is 58.2 Å².